The first-order chi connectivity index (χ1) is 13.1. The SMILES string of the molecule is CC(NS1(F)Nc2cc3c(-c4ccncc4)n[nH]c3cc21)c1ccccc1. The molecule has 0 bridgehead atoms. The largest absolute Gasteiger partial charge is 0.307 e. The van der Waals surface area contributed by atoms with Crippen LogP contribution in [0.25, 0.3) is 22.2 Å². The number of halogens is 1. The van der Waals surface area contributed by atoms with Crippen molar-refractivity contribution in [1.82, 2.24) is 19.9 Å². The molecule has 2 unspecified atom stereocenters. The number of hydrogen-bond donors (Lipinski definition) is 3. The van der Waals surface area contributed by atoms with Gasteiger partial charge in [0.1, 0.15) is 5.69 Å². The lowest BCUT2D eigenvalue weighted by molar-refractivity contribution is 0.704. The van der Waals surface area contributed by atoms with Gasteiger partial charge in [0.25, 0.3) is 0 Å². The van der Waals surface area contributed by atoms with Crippen LogP contribution in [-0.2, 0) is 0 Å². The molecule has 2 atom stereocenters. The Bertz CT molecular complexity index is 1120. The van der Waals surface area contributed by atoms with Gasteiger partial charge in [-0.15, -0.1) is 3.89 Å². The predicted molar refractivity (Wildman–Crippen MR) is 108 cm³/mol. The standard InChI is InChI=1S/C20H18FN5S/c1-13(14-5-3-2-4-6-14)25-27(21)19-12-17-16(11-18(19)26-27)20(24-23-17)15-7-9-22-10-8-15/h2-13,25-26H,1H3,(H,23,24). The Hall–Kier alpha value is -2.90. The van der Waals surface area contributed by atoms with Crippen LogP contribution in [0.1, 0.15) is 18.5 Å². The third-order valence-electron chi connectivity index (χ3n) is 4.81. The van der Waals surface area contributed by atoms with Crippen LogP contribution < -0.4 is 9.44 Å². The van der Waals surface area contributed by atoms with E-state index < -0.39 is 10.8 Å². The van der Waals surface area contributed by atoms with Crippen molar-refractivity contribution < 1.29 is 3.89 Å². The fraction of sp³-hybridized carbons (Fsp3) is 0.100. The zero-order chi connectivity index (χ0) is 18.4. The first-order valence-electron chi connectivity index (χ1n) is 8.69. The molecule has 5 rings (SSSR count). The summed E-state index contributed by atoms with van der Waals surface area (Å²) in [5, 5.41) is 8.41. The highest BCUT2D eigenvalue weighted by atomic mass is 32.3. The van der Waals surface area contributed by atoms with Gasteiger partial charge < -0.3 is 4.72 Å². The molecule has 0 saturated heterocycles. The topological polar surface area (TPSA) is 65.6 Å². The zero-order valence-corrected chi connectivity index (χ0v) is 15.4. The van der Waals surface area contributed by atoms with Gasteiger partial charge in [-0.25, -0.2) is 4.72 Å². The van der Waals surface area contributed by atoms with Crippen molar-refractivity contribution >= 4 is 27.4 Å². The van der Waals surface area contributed by atoms with Crippen LogP contribution in [0.3, 0.4) is 0 Å². The molecule has 2 aromatic carbocycles. The summed E-state index contributed by atoms with van der Waals surface area (Å²) in [4.78, 5) is 4.71. The summed E-state index contributed by atoms with van der Waals surface area (Å²) in [7, 11) is -2.75. The molecule has 2 aromatic heterocycles. The van der Waals surface area contributed by atoms with Gasteiger partial charge in [-0.2, -0.15) is 5.10 Å². The van der Waals surface area contributed by atoms with Gasteiger partial charge in [0.2, 0.25) is 0 Å². The Morgan fingerprint density at radius 1 is 1.07 bits per heavy atom. The number of rotatable bonds is 4. The molecule has 0 amide bonds. The van der Waals surface area contributed by atoms with E-state index in [0.717, 1.165) is 33.4 Å². The summed E-state index contributed by atoms with van der Waals surface area (Å²) >= 11 is 0. The van der Waals surface area contributed by atoms with Crippen LogP contribution >= 0.6 is 10.8 Å². The fourth-order valence-electron chi connectivity index (χ4n) is 3.39. The minimum absolute atomic E-state index is 0.100. The molecule has 136 valence electrons. The van der Waals surface area contributed by atoms with Gasteiger partial charge in [-0.05, 0) is 36.8 Å². The maximum Gasteiger partial charge on any atom is 0.100 e. The number of H-pyrrole nitrogens is 1. The van der Waals surface area contributed by atoms with Crippen LogP contribution in [0.5, 0.6) is 0 Å². The Kier molecular flexibility index (Phi) is 3.66. The lowest BCUT2D eigenvalue weighted by Gasteiger charge is -2.44. The molecule has 0 spiro atoms. The van der Waals surface area contributed by atoms with E-state index in [1.165, 1.54) is 0 Å². The molecule has 3 N–H and O–H groups in total. The number of hydrogen-bond acceptors (Lipinski definition) is 4. The molecule has 27 heavy (non-hydrogen) atoms. The minimum atomic E-state index is -2.75. The third-order valence-corrected chi connectivity index (χ3v) is 6.93. The number of anilines is 1. The van der Waals surface area contributed by atoms with Crippen molar-refractivity contribution in [1.29, 1.82) is 0 Å². The van der Waals surface area contributed by atoms with Crippen LogP contribution in [0.15, 0.2) is 71.9 Å². The second-order valence-corrected chi connectivity index (χ2v) is 8.55. The van der Waals surface area contributed by atoms with Gasteiger partial charge >= 0.3 is 0 Å². The number of fused-ring (bicyclic) bond motifs is 2. The third kappa shape index (κ3) is 2.67. The molecule has 1 aliphatic heterocycles. The van der Waals surface area contributed by atoms with Crippen molar-refractivity contribution in [3.8, 4) is 11.3 Å². The van der Waals surface area contributed by atoms with Gasteiger partial charge in [-0.3, -0.25) is 10.1 Å². The van der Waals surface area contributed by atoms with Crippen LogP contribution in [-0.4, -0.2) is 15.2 Å². The van der Waals surface area contributed by atoms with Crippen LogP contribution in [0, 0.1) is 0 Å². The Morgan fingerprint density at radius 3 is 2.63 bits per heavy atom. The number of aromatic nitrogens is 3. The summed E-state index contributed by atoms with van der Waals surface area (Å²) in [5.41, 5.74) is 4.51. The molecule has 0 fully saturated rings. The number of nitrogens with zero attached hydrogens (tertiary/aromatic N) is 2. The first kappa shape index (κ1) is 16.3. The lowest BCUT2D eigenvalue weighted by atomic mass is 10.1. The lowest BCUT2D eigenvalue weighted by Crippen LogP contribution is -2.32. The molecule has 4 aromatic rings. The summed E-state index contributed by atoms with van der Waals surface area (Å²) in [6.45, 7) is 1.97. The fourth-order valence-corrected chi connectivity index (χ4v) is 5.32. The van der Waals surface area contributed by atoms with Gasteiger partial charge in [-0.1, -0.05) is 30.3 Å². The van der Waals surface area contributed by atoms with Crippen molar-refractivity contribution in [2.24, 2.45) is 0 Å². The van der Waals surface area contributed by atoms with Crippen LogP contribution in [0.4, 0.5) is 9.57 Å². The molecule has 3 heterocycles. The first-order valence-corrected chi connectivity index (χ1v) is 10.2. The second kappa shape index (κ2) is 6.07. The van der Waals surface area contributed by atoms with Crippen molar-refractivity contribution in [2.75, 3.05) is 4.72 Å². The normalized spacial score (nSPS) is 21.6. The van der Waals surface area contributed by atoms with Crippen molar-refractivity contribution in [2.45, 2.75) is 17.9 Å². The maximum atomic E-state index is 15.5. The zero-order valence-electron chi connectivity index (χ0n) is 14.6. The summed E-state index contributed by atoms with van der Waals surface area (Å²) < 4.78 is 21.7. The highest BCUT2D eigenvalue weighted by Gasteiger charge is 2.40. The molecule has 0 aliphatic carbocycles. The van der Waals surface area contributed by atoms with Crippen LogP contribution in [0.2, 0.25) is 0 Å². The van der Waals surface area contributed by atoms with E-state index in [4.69, 9.17) is 0 Å². The predicted octanol–water partition coefficient (Wildman–Crippen LogP) is 5.28. The number of nitrogens with one attached hydrogen (secondary N) is 3. The van der Waals surface area contributed by atoms with E-state index in [2.05, 4.69) is 24.6 Å². The van der Waals surface area contributed by atoms with E-state index in [1.807, 2.05) is 61.5 Å². The molecular formula is C20H18FN5S. The average Bonchev–Trinajstić information content (AvgIpc) is 3.11. The minimum Gasteiger partial charge on any atom is -0.307 e. The average molecular weight is 379 g/mol. The van der Waals surface area contributed by atoms with Crippen molar-refractivity contribution in [3.05, 3.63) is 72.6 Å². The van der Waals surface area contributed by atoms with E-state index in [9.17, 15) is 0 Å². The van der Waals surface area contributed by atoms with Gasteiger partial charge in [0, 0.05) is 29.4 Å². The Balaban J connectivity index is 1.48. The summed E-state index contributed by atoms with van der Waals surface area (Å²) in [6, 6.07) is 17.4. The monoisotopic (exact) mass is 379 g/mol. The molecule has 0 saturated carbocycles. The van der Waals surface area contributed by atoms with E-state index in [0.29, 0.717) is 4.90 Å². The molecule has 0 radical (unpaired) electrons. The highest BCUT2D eigenvalue weighted by Crippen LogP contribution is 2.66. The Labute approximate surface area is 157 Å². The summed E-state index contributed by atoms with van der Waals surface area (Å²) in [5.74, 6) is 0. The molecular weight excluding hydrogens is 361 g/mol. The highest BCUT2D eigenvalue weighted by molar-refractivity contribution is 8.30. The number of pyridine rings is 1. The van der Waals surface area contributed by atoms with E-state index in [-0.39, 0.29) is 6.04 Å². The number of aromatic amines is 1. The van der Waals surface area contributed by atoms with E-state index in [1.54, 1.807) is 12.4 Å². The maximum absolute atomic E-state index is 15.5. The number of benzene rings is 2. The van der Waals surface area contributed by atoms with E-state index >= 15 is 3.89 Å². The van der Waals surface area contributed by atoms with Gasteiger partial charge in [0.05, 0.1) is 26.9 Å². The Morgan fingerprint density at radius 2 is 1.85 bits per heavy atom. The van der Waals surface area contributed by atoms with Gasteiger partial charge in [0.15, 0.2) is 0 Å². The summed E-state index contributed by atoms with van der Waals surface area (Å²) in [6.07, 6.45) is 3.47. The second-order valence-electron chi connectivity index (χ2n) is 6.59. The molecule has 1 aliphatic rings. The smallest absolute Gasteiger partial charge is 0.100 e. The molecule has 5 nitrogen and oxygen atoms in total. The van der Waals surface area contributed by atoms with Crippen molar-refractivity contribution in [3.63, 3.8) is 0 Å². The molecule has 7 heteroatoms. The quantitative estimate of drug-likeness (QED) is 0.451.